The molecule has 0 fully saturated rings. The van der Waals surface area contributed by atoms with Crippen LogP contribution in [0.2, 0.25) is 5.02 Å². The van der Waals surface area contributed by atoms with E-state index in [1.807, 2.05) is 84.9 Å². The number of amides is 2. The molecule has 4 rings (SSSR count). The highest BCUT2D eigenvalue weighted by molar-refractivity contribution is 6.30. The molecule has 2 amide bonds. The van der Waals surface area contributed by atoms with Crippen LogP contribution in [0.25, 0.3) is 10.8 Å². The van der Waals surface area contributed by atoms with Crippen LogP contribution in [0.1, 0.15) is 21.5 Å². The van der Waals surface area contributed by atoms with Crippen molar-refractivity contribution >= 4 is 40.4 Å². The number of hydrogen-bond donors (Lipinski definition) is 2. The Balaban J connectivity index is 1.23. The number of carbonyl (C=O) groups is 2. The van der Waals surface area contributed by atoms with E-state index in [2.05, 4.69) is 15.8 Å². The van der Waals surface area contributed by atoms with Gasteiger partial charge in [0.25, 0.3) is 11.8 Å². The maximum atomic E-state index is 12.5. The van der Waals surface area contributed by atoms with Crippen LogP contribution in [0.15, 0.2) is 96.1 Å². The molecule has 4 aromatic carbocycles. The Morgan fingerprint density at radius 1 is 0.882 bits per heavy atom. The minimum atomic E-state index is -0.423. The smallest absolute Gasteiger partial charge is 0.259 e. The summed E-state index contributed by atoms with van der Waals surface area (Å²) in [6.07, 6.45) is 1.52. The van der Waals surface area contributed by atoms with Gasteiger partial charge in [-0.2, -0.15) is 5.10 Å². The van der Waals surface area contributed by atoms with Crippen LogP contribution in [0, 0.1) is 0 Å². The van der Waals surface area contributed by atoms with E-state index in [4.69, 9.17) is 16.3 Å². The summed E-state index contributed by atoms with van der Waals surface area (Å²) in [6, 6.07) is 27.9. The van der Waals surface area contributed by atoms with Crippen LogP contribution in [-0.4, -0.2) is 24.6 Å². The van der Waals surface area contributed by atoms with Crippen LogP contribution >= 0.6 is 11.6 Å². The highest BCUT2D eigenvalue weighted by atomic mass is 35.5. The summed E-state index contributed by atoms with van der Waals surface area (Å²) in [5.74, 6) is -0.0230. The number of rotatable bonds is 8. The highest BCUT2D eigenvalue weighted by Gasteiger charge is 2.10. The molecule has 0 saturated heterocycles. The first kappa shape index (κ1) is 23.0. The number of fused-ring (bicyclic) bond motifs is 1. The maximum absolute atomic E-state index is 12.5. The largest absolute Gasteiger partial charge is 0.489 e. The van der Waals surface area contributed by atoms with Crippen molar-refractivity contribution in [2.24, 2.45) is 5.10 Å². The van der Waals surface area contributed by atoms with Gasteiger partial charge >= 0.3 is 0 Å². The van der Waals surface area contributed by atoms with E-state index in [0.29, 0.717) is 22.9 Å². The molecule has 0 bridgehead atoms. The summed E-state index contributed by atoms with van der Waals surface area (Å²) in [7, 11) is 0. The van der Waals surface area contributed by atoms with Crippen molar-refractivity contribution in [2.75, 3.05) is 6.54 Å². The molecule has 6 nitrogen and oxygen atoms in total. The minimum Gasteiger partial charge on any atom is -0.489 e. The van der Waals surface area contributed by atoms with Crippen molar-refractivity contribution in [1.82, 2.24) is 10.7 Å². The predicted octanol–water partition coefficient (Wildman–Crippen LogP) is 4.95. The van der Waals surface area contributed by atoms with Gasteiger partial charge in [0.1, 0.15) is 12.4 Å². The third-order valence-electron chi connectivity index (χ3n) is 5.05. The molecule has 0 atom stereocenters. The summed E-state index contributed by atoms with van der Waals surface area (Å²) < 4.78 is 5.75. The lowest BCUT2D eigenvalue weighted by molar-refractivity contribution is -0.120. The lowest BCUT2D eigenvalue weighted by Gasteiger charge is -2.07. The summed E-state index contributed by atoms with van der Waals surface area (Å²) in [6.45, 7) is 0.252. The lowest BCUT2D eigenvalue weighted by atomic mass is 10.0. The second-order valence-corrected chi connectivity index (χ2v) is 7.92. The Morgan fingerprint density at radius 2 is 1.62 bits per heavy atom. The minimum absolute atomic E-state index is 0.184. The van der Waals surface area contributed by atoms with Crippen molar-refractivity contribution in [1.29, 1.82) is 0 Å². The van der Waals surface area contributed by atoms with Crippen LogP contribution < -0.4 is 15.5 Å². The zero-order valence-corrected chi connectivity index (χ0v) is 19.0. The van der Waals surface area contributed by atoms with Gasteiger partial charge in [0.05, 0.1) is 12.8 Å². The highest BCUT2D eigenvalue weighted by Crippen LogP contribution is 2.18. The lowest BCUT2D eigenvalue weighted by Crippen LogP contribution is -2.35. The molecule has 0 saturated carbocycles. The van der Waals surface area contributed by atoms with Gasteiger partial charge in [0, 0.05) is 10.6 Å². The SMILES string of the molecule is O=C(CNC(=O)c1cccc2ccccc12)N/N=C/c1ccc(OCc2ccc(Cl)cc2)cc1. The molecule has 0 aliphatic rings. The second kappa shape index (κ2) is 11.1. The fraction of sp³-hybridized carbons (Fsp3) is 0.0741. The van der Waals surface area contributed by atoms with Gasteiger partial charge in [-0.25, -0.2) is 5.43 Å². The fourth-order valence-corrected chi connectivity index (χ4v) is 3.42. The molecule has 0 unspecified atom stereocenters. The van der Waals surface area contributed by atoms with Gasteiger partial charge in [-0.05, 0) is 64.4 Å². The number of ether oxygens (including phenoxy) is 1. The zero-order chi connectivity index (χ0) is 23.8. The van der Waals surface area contributed by atoms with Crippen LogP contribution in [0.3, 0.4) is 0 Å². The van der Waals surface area contributed by atoms with E-state index in [1.165, 1.54) is 6.21 Å². The number of hydrazone groups is 1. The first-order valence-corrected chi connectivity index (χ1v) is 11.0. The number of halogens is 1. The first-order valence-electron chi connectivity index (χ1n) is 10.6. The summed E-state index contributed by atoms with van der Waals surface area (Å²) in [5, 5.41) is 9.06. The van der Waals surface area contributed by atoms with E-state index in [0.717, 1.165) is 21.9 Å². The average Bonchev–Trinajstić information content (AvgIpc) is 2.87. The van der Waals surface area contributed by atoms with Crippen LogP contribution in [0.5, 0.6) is 5.75 Å². The summed E-state index contributed by atoms with van der Waals surface area (Å²) in [5.41, 5.74) is 4.75. The third kappa shape index (κ3) is 6.21. The fourth-order valence-electron chi connectivity index (χ4n) is 3.29. The molecule has 170 valence electrons. The van der Waals surface area contributed by atoms with Gasteiger partial charge in [-0.1, -0.05) is 60.1 Å². The number of carbonyl (C=O) groups excluding carboxylic acids is 2. The first-order chi connectivity index (χ1) is 16.6. The molecular formula is C27H22ClN3O3. The zero-order valence-electron chi connectivity index (χ0n) is 18.2. The monoisotopic (exact) mass is 471 g/mol. The number of nitrogens with one attached hydrogen (secondary N) is 2. The van der Waals surface area contributed by atoms with Crippen LogP contribution in [0.4, 0.5) is 0 Å². The third-order valence-corrected chi connectivity index (χ3v) is 5.30. The van der Waals surface area contributed by atoms with Crippen LogP contribution in [-0.2, 0) is 11.4 Å². The van der Waals surface area contributed by atoms with E-state index in [-0.39, 0.29) is 12.5 Å². The van der Waals surface area contributed by atoms with E-state index in [1.54, 1.807) is 6.07 Å². The Hall–Kier alpha value is -4.16. The molecule has 0 aromatic heterocycles. The number of benzene rings is 4. The Morgan fingerprint density at radius 3 is 2.41 bits per heavy atom. The molecule has 34 heavy (non-hydrogen) atoms. The number of nitrogens with zero attached hydrogens (tertiary/aromatic N) is 1. The van der Waals surface area contributed by atoms with Crippen molar-refractivity contribution in [3.63, 3.8) is 0 Å². The molecule has 0 heterocycles. The standard InChI is InChI=1S/C27H22ClN3O3/c28-22-12-8-20(9-13-22)18-34-23-14-10-19(11-15-23)16-30-31-26(32)17-29-27(33)25-7-3-5-21-4-1-2-6-24(21)25/h1-16H,17-18H2,(H,29,33)(H,31,32)/b30-16+. The van der Waals surface area contributed by atoms with Crippen molar-refractivity contribution in [3.8, 4) is 5.75 Å². The quantitative estimate of drug-likeness (QED) is 0.282. The predicted molar refractivity (Wildman–Crippen MR) is 134 cm³/mol. The molecular weight excluding hydrogens is 450 g/mol. The molecule has 0 aliphatic heterocycles. The molecule has 2 N–H and O–H groups in total. The Kier molecular flexibility index (Phi) is 7.53. The van der Waals surface area contributed by atoms with E-state index < -0.39 is 5.91 Å². The molecule has 7 heteroatoms. The topological polar surface area (TPSA) is 79.8 Å². The molecule has 0 aliphatic carbocycles. The van der Waals surface area contributed by atoms with Crippen molar-refractivity contribution < 1.29 is 14.3 Å². The summed E-state index contributed by atoms with van der Waals surface area (Å²) in [4.78, 5) is 24.6. The Bertz CT molecular complexity index is 1310. The molecule has 0 radical (unpaired) electrons. The number of hydrogen-bond acceptors (Lipinski definition) is 4. The van der Waals surface area contributed by atoms with E-state index in [9.17, 15) is 9.59 Å². The maximum Gasteiger partial charge on any atom is 0.259 e. The Labute approximate surface area is 202 Å². The van der Waals surface area contributed by atoms with Gasteiger partial charge in [0.2, 0.25) is 0 Å². The van der Waals surface area contributed by atoms with Gasteiger partial charge in [-0.15, -0.1) is 0 Å². The second-order valence-electron chi connectivity index (χ2n) is 7.49. The van der Waals surface area contributed by atoms with E-state index >= 15 is 0 Å². The van der Waals surface area contributed by atoms with Crippen molar-refractivity contribution in [2.45, 2.75) is 6.61 Å². The van der Waals surface area contributed by atoms with Gasteiger partial charge < -0.3 is 10.1 Å². The van der Waals surface area contributed by atoms with Gasteiger partial charge in [-0.3, -0.25) is 9.59 Å². The van der Waals surface area contributed by atoms with Crippen molar-refractivity contribution in [3.05, 3.63) is 113 Å². The normalized spacial score (nSPS) is 10.9. The average molecular weight is 472 g/mol. The molecule has 4 aromatic rings. The molecule has 0 spiro atoms. The van der Waals surface area contributed by atoms with Gasteiger partial charge in [0.15, 0.2) is 0 Å². The summed E-state index contributed by atoms with van der Waals surface area (Å²) >= 11 is 5.89.